The van der Waals surface area contributed by atoms with Gasteiger partial charge in [-0.15, -0.1) is 0 Å². The molecule has 1 saturated carbocycles. The third-order valence-corrected chi connectivity index (χ3v) is 8.63. The maximum atomic E-state index is 15.1. The Morgan fingerprint density at radius 1 is 1.02 bits per heavy atom. The Hall–Kier alpha value is -3.58. The molecule has 3 N–H and O–H groups in total. The quantitative estimate of drug-likeness (QED) is 0.267. The topological polar surface area (TPSA) is 90.0 Å². The first-order valence-corrected chi connectivity index (χ1v) is 13.8. The maximum Gasteiger partial charge on any atom is 0.418 e. The van der Waals surface area contributed by atoms with Gasteiger partial charge in [0.2, 0.25) is 0 Å². The Balaban J connectivity index is 1.76. The van der Waals surface area contributed by atoms with Gasteiger partial charge in [0.25, 0.3) is 10.0 Å². The lowest BCUT2D eigenvalue weighted by Crippen LogP contribution is -2.35. The van der Waals surface area contributed by atoms with E-state index in [0.717, 1.165) is 24.6 Å². The van der Waals surface area contributed by atoms with Crippen molar-refractivity contribution in [1.82, 2.24) is 8.96 Å². The molecular weight excluding hydrogens is 558 g/mol. The van der Waals surface area contributed by atoms with Gasteiger partial charge in [-0.05, 0) is 56.9 Å². The molecule has 2 heterocycles. The number of nitrogens with one attached hydrogen (secondary N) is 1. The fourth-order valence-electron chi connectivity index (χ4n) is 5.01. The number of aryl methyl sites for hydroxylation is 1. The minimum atomic E-state index is -5.13. The molecule has 212 valence electrons. The molecule has 0 spiro atoms. The zero-order chi connectivity index (χ0) is 29.0. The van der Waals surface area contributed by atoms with E-state index in [4.69, 9.17) is 5.73 Å². The van der Waals surface area contributed by atoms with Crippen molar-refractivity contribution in [2.75, 3.05) is 5.32 Å². The second kappa shape index (κ2) is 10.1. The summed E-state index contributed by atoms with van der Waals surface area (Å²) in [7, 11) is -4.56. The van der Waals surface area contributed by atoms with Gasteiger partial charge >= 0.3 is 6.18 Å². The molecule has 40 heavy (non-hydrogen) atoms. The maximum absolute atomic E-state index is 15.1. The Labute approximate surface area is 225 Å². The van der Waals surface area contributed by atoms with Gasteiger partial charge in [0, 0.05) is 35.3 Å². The van der Waals surface area contributed by atoms with Gasteiger partial charge in [0.1, 0.15) is 11.3 Å². The number of fused-ring (bicyclic) bond motifs is 1. The number of hydrogen-bond acceptors (Lipinski definition) is 5. The summed E-state index contributed by atoms with van der Waals surface area (Å²) in [5.41, 5.74) is 3.07. The largest absolute Gasteiger partial charge is 0.418 e. The summed E-state index contributed by atoms with van der Waals surface area (Å²) < 4.78 is 114. The number of hydrogen-bond donors (Lipinski definition) is 2. The highest BCUT2D eigenvalue weighted by Crippen LogP contribution is 2.42. The van der Waals surface area contributed by atoms with Crippen LogP contribution in [0.25, 0.3) is 22.2 Å². The Bertz CT molecular complexity index is 1700. The molecule has 0 unspecified atom stereocenters. The van der Waals surface area contributed by atoms with Crippen LogP contribution >= 0.6 is 0 Å². The Morgan fingerprint density at radius 3 is 2.38 bits per heavy atom. The lowest BCUT2D eigenvalue weighted by atomic mass is 9.91. The van der Waals surface area contributed by atoms with Crippen LogP contribution < -0.4 is 11.1 Å². The molecule has 2 aromatic heterocycles. The SMILES string of the molecule is Cc1ccc(S(=O)(=O)n2cc(-c3nc(N[C@@H]4CCC[C@H](N)C4)c(F)cc3C(F)(F)F)c3cc(F)cc(F)c32)cc1. The molecule has 1 fully saturated rings. The number of benzene rings is 2. The van der Waals surface area contributed by atoms with E-state index >= 15 is 4.39 Å². The van der Waals surface area contributed by atoms with Crippen molar-refractivity contribution in [1.29, 1.82) is 0 Å². The van der Waals surface area contributed by atoms with Crippen LogP contribution in [0, 0.1) is 24.4 Å². The first-order valence-electron chi connectivity index (χ1n) is 12.4. The minimum absolute atomic E-state index is 0.181. The van der Waals surface area contributed by atoms with E-state index < -0.39 is 67.2 Å². The molecule has 0 aliphatic heterocycles. The fourth-order valence-corrected chi connectivity index (χ4v) is 6.39. The molecule has 0 amide bonds. The van der Waals surface area contributed by atoms with Gasteiger partial charge in [0.05, 0.1) is 16.2 Å². The molecule has 5 rings (SSSR count). The second-order valence-electron chi connectivity index (χ2n) is 9.92. The second-order valence-corrected chi connectivity index (χ2v) is 11.7. The normalized spacial score (nSPS) is 18.3. The van der Waals surface area contributed by atoms with Gasteiger partial charge in [-0.25, -0.2) is 30.5 Å². The standard InChI is InChI=1S/C27H24F6N4O2S/c1-14-5-7-18(8-6-14)40(38,39)37-13-20(19-9-15(28)10-22(29)25(19)37)24-21(27(31,32)33)12-23(30)26(36-24)35-17-4-2-3-16(34)11-17/h5-10,12-13,16-17H,2-4,11,34H2,1H3,(H,35,36)/t16-,17+/m0/s1. The first kappa shape index (κ1) is 28.0. The average molecular weight is 583 g/mol. The number of pyridine rings is 1. The summed E-state index contributed by atoms with van der Waals surface area (Å²) in [5.74, 6) is -4.27. The van der Waals surface area contributed by atoms with Crippen molar-refractivity contribution < 1.29 is 34.8 Å². The fraction of sp³-hybridized carbons (Fsp3) is 0.296. The number of nitrogens with two attached hydrogens (primary N) is 1. The van der Waals surface area contributed by atoms with Gasteiger partial charge in [-0.1, -0.05) is 17.7 Å². The highest BCUT2D eigenvalue weighted by Gasteiger charge is 2.38. The summed E-state index contributed by atoms with van der Waals surface area (Å²) in [5, 5.41) is 2.32. The zero-order valence-corrected chi connectivity index (χ0v) is 21.9. The van der Waals surface area contributed by atoms with Crippen LogP contribution in [0.5, 0.6) is 0 Å². The van der Waals surface area contributed by atoms with E-state index in [1.165, 1.54) is 24.3 Å². The van der Waals surface area contributed by atoms with E-state index in [-0.39, 0.29) is 23.0 Å². The van der Waals surface area contributed by atoms with Crippen LogP contribution in [0.15, 0.2) is 53.6 Å². The number of alkyl halides is 3. The predicted molar refractivity (Wildman–Crippen MR) is 138 cm³/mol. The van der Waals surface area contributed by atoms with Crippen LogP contribution in [0.2, 0.25) is 0 Å². The van der Waals surface area contributed by atoms with Crippen LogP contribution in [0.1, 0.15) is 36.8 Å². The molecule has 0 saturated heterocycles. The number of aromatic nitrogens is 2. The van der Waals surface area contributed by atoms with Gasteiger partial charge in [0.15, 0.2) is 17.5 Å². The first-order chi connectivity index (χ1) is 18.8. The smallest absolute Gasteiger partial charge is 0.365 e. The van der Waals surface area contributed by atoms with Crippen LogP contribution in [0.3, 0.4) is 0 Å². The van der Waals surface area contributed by atoms with E-state index in [2.05, 4.69) is 10.3 Å². The summed E-state index contributed by atoms with van der Waals surface area (Å²) in [6, 6.07) is 6.33. The van der Waals surface area contributed by atoms with Crippen molar-refractivity contribution >= 4 is 26.7 Å². The van der Waals surface area contributed by atoms with Crippen molar-refractivity contribution in [3.63, 3.8) is 0 Å². The van der Waals surface area contributed by atoms with Crippen molar-refractivity contribution in [3.8, 4) is 11.3 Å². The molecule has 0 radical (unpaired) electrons. The lowest BCUT2D eigenvalue weighted by Gasteiger charge is -2.28. The molecule has 0 bridgehead atoms. The van der Waals surface area contributed by atoms with Gasteiger partial charge < -0.3 is 11.1 Å². The van der Waals surface area contributed by atoms with Crippen LogP contribution in [0.4, 0.5) is 32.2 Å². The van der Waals surface area contributed by atoms with E-state index in [1.807, 2.05) is 0 Å². The third-order valence-electron chi connectivity index (χ3n) is 6.96. The molecule has 2 atom stereocenters. The number of anilines is 1. The van der Waals surface area contributed by atoms with Crippen molar-refractivity contribution in [2.45, 2.75) is 55.8 Å². The molecule has 6 nitrogen and oxygen atoms in total. The molecule has 2 aromatic carbocycles. The van der Waals surface area contributed by atoms with Gasteiger partial charge in [-0.2, -0.15) is 13.2 Å². The molecule has 1 aliphatic rings. The van der Waals surface area contributed by atoms with Crippen LogP contribution in [-0.2, 0) is 16.2 Å². The highest BCUT2D eigenvalue weighted by molar-refractivity contribution is 7.90. The Kier molecular flexibility index (Phi) is 7.07. The number of nitrogens with zero attached hydrogens (tertiary/aromatic N) is 2. The molecule has 13 heteroatoms. The lowest BCUT2D eigenvalue weighted by molar-refractivity contribution is -0.137. The van der Waals surface area contributed by atoms with Crippen molar-refractivity contribution in [3.05, 3.63) is 77.2 Å². The monoisotopic (exact) mass is 582 g/mol. The summed E-state index contributed by atoms with van der Waals surface area (Å²) in [4.78, 5) is 3.64. The predicted octanol–water partition coefficient (Wildman–Crippen LogP) is 6.37. The highest BCUT2D eigenvalue weighted by atomic mass is 32.2. The number of halogens is 6. The third kappa shape index (κ3) is 5.15. The Morgan fingerprint density at radius 2 is 1.73 bits per heavy atom. The summed E-state index contributed by atoms with van der Waals surface area (Å²) in [6.07, 6.45) is -1.91. The average Bonchev–Trinajstić information content (AvgIpc) is 3.25. The van der Waals surface area contributed by atoms with Crippen LogP contribution in [-0.4, -0.2) is 29.5 Å². The summed E-state index contributed by atoms with van der Waals surface area (Å²) >= 11 is 0. The number of rotatable bonds is 5. The molecule has 4 aromatic rings. The summed E-state index contributed by atoms with van der Waals surface area (Å²) in [6.45, 7) is 1.72. The van der Waals surface area contributed by atoms with E-state index in [0.29, 0.717) is 28.9 Å². The molecule has 1 aliphatic carbocycles. The van der Waals surface area contributed by atoms with E-state index in [9.17, 15) is 30.4 Å². The zero-order valence-electron chi connectivity index (χ0n) is 21.1. The van der Waals surface area contributed by atoms with Gasteiger partial charge in [-0.3, -0.25) is 0 Å². The van der Waals surface area contributed by atoms with E-state index in [1.54, 1.807) is 6.92 Å². The van der Waals surface area contributed by atoms with Crippen molar-refractivity contribution in [2.24, 2.45) is 5.73 Å². The molecular formula is C27H24F6N4O2S. The minimum Gasteiger partial charge on any atom is -0.365 e.